The van der Waals surface area contributed by atoms with Crippen molar-refractivity contribution in [3.05, 3.63) is 117 Å². The van der Waals surface area contributed by atoms with Gasteiger partial charge in [-0.25, -0.2) is 0 Å². The summed E-state index contributed by atoms with van der Waals surface area (Å²) in [6.07, 6.45) is -27.1. The molecule has 7 amide bonds. The van der Waals surface area contributed by atoms with E-state index in [0.29, 0.717) is 12.8 Å². The van der Waals surface area contributed by atoms with E-state index < -0.39 is 337 Å². The number of nitrogens with two attached hydrogens (primary N) is 1. The van der Waals surface area contributed by atoms with Crippen LogP contribution in [0, 0.1) is 17.3 Å². The van der Waals surface area contributed by atoms with Crippen molar-refractivity contribution in [2.45, 2.75) is 303 Å². The molecule has 0 saturated carbocycles. The highest BCUT2D eigenvalue weighted by Gasteiger charge is 2.54. The number of unbranched alkanes of at least 4 members (excludes halogenated alkanes) is 10. The largest absolute Gasteiger partial charge is 0.508 e. The number of fused-ring (bicyclic) bond motifs is 15. The first-order valence-corrected chi connectivity index (χ1v) is 47.8. The number of carbonyl (C=O) groups is 9. The maximum atomic E-state index is 16.6. The van der Waals surface area contributed by atoms with Crippen LogP contribution in [-0.2, 0) is 66.8 Å². The van der Waals surface area contributed by atoms with Gasteiger partial charge in [-0.3, -0.25) is 43.2 Å². The molecule has 5 aromatic rings. The zero-order valence-electron chi connectivity index (χ0n) is 78.2. The molecule has 8 aliphatic rings. The van der Waals surface area contributed by atoms with Gasteiger partial charge in [-0.15, -0.1) is 0 Å². The number of phenolic OH excluding ortho intramolecular Hbond substituents is 3. The third-order valence-corrected chi connectivity index (χ3v) is 27.0. The van der Waals surface area contributed by atoms with Crippen molar-refractivity contribution in [3.63, 3.8) is 0 Å². The summed E-state index contributed by atoms with van der Waals surface area (Å²) < 4.78 is 50.6. The summed E-state index contributed by atoms with van der Waals surface area (Å²) in [5.74, 6) is -20.1. The Morgan fingerprint density at radius 2 is 1.21 bits per heavy atom. The van der Waals surface area contributed by atoms with Crippen molar-refractivity contribution in [3.8, 4) is 57.1 Å². The second kappa shape index (κ2) is 50.0. The third kappa shape index (κ3) is 26.8. The summed E-state index contributed by atoms with van der Waals surface area (Å²) in [6, 6.07) is 4.28. The number of aliphatic hydroxyl groups is 14. The number of amides is 7. The Morgan fingerprint density at radius 3 is 1.80 bits per heavy atom. The lowest BCUT2D eigenvalue weighted by molar-refractivity contribution is -0.339. The number of aliphatic hydroxyl groups excluding tert-OH is 14. The Labute approximate surface area is 816 Å². The SMILES string of the molecule is CCCCCCCCCCCCC[C@]1(C)C[C@H](OC2C(O)[C@@H](O)C(CO)O[C@@H]2Oc2c3cc4cc2Oc2ccc(cc2Cl)[C@@H](O)[C@@H](NC(=O)[C@@H](CC(C)C)NC)C(=O)C[C@@H](CC(N)=O)C(=O)N[C@H]4C(=O)C[C@H]2C(=O)N[C@H](C(=O)N[C@H](C(=O)NCCCNC(=O)[C@H](O)[C@@H](O)[C@H](OC4OC(CO)C(O)C(O)C4O)[C@H](O)CO)c4cc(O)cc(O)c4-c4cc2ccc4O)[C@H](O)c2ccc(c(Cl)c2)O3)OC(C)[C@@H]1O. The van der Waals surface area contributed by atoms with Crippen molar-refractivity contribution >= 4 is 76.1 Å². The van der Waals surface area contributed by atoms with Gasteiger partial charge >= 0.3 is 0 Å². The standard InChI is InChI=1S/C96H130Cl2N8O34/c1-7-8-9-10-11-12-13-14-15-16-17-25-96(5)39-69(133-44(4)87(96)126)138-86-80(122)78(120)67(42-109)137-95(86)140-85-64-33-48-34-65(85)135-63-24-21-47(31-55(63)98)76(118)74-92(131)104-72(91(130)101-26-18-27-102-93(132)82(124)81(123)84(61(115)40-107)139-94-83(125)79(121)77(119)66(41-108)136-94)53-36-50(110)37-58(112)70(53)52-29-45(19-22-57(52)111)51(89(128)106-74)38-60(114)71(48)103-88(127)49(35-68(99)116)32-59(113)73(105-90(129)56(100-6)28-43(2)3)75(117)46-20-23-62(134-64)54(97)30-46/h19-24,29-31,33-34,36-37,43-44,49,51,56,61,66-67,69,71-84,86-87,94-95,100,107-112,115,117-126H,7-18,25-28,32,35,38-42H2,1-6H3,(H2,99,116)(H,101,130)(H,102,132)(H,103,127)(H,104,131)(H,105,129)(H,106,128)/t44?,49-,51+,56+,61+,66?,67?,69-,71+,72-,73-,74-,75+,76+,77?,78-,79?,80?,81+,82+,83?,84+,86?,87-,94?,95+,96+/m0/s1. The van der Waals surface area contributed by atoms with Crippen LogP contribution in [0.1, 0.15) is 208 Å². The van der Waals surface area contributed by atoms with E-state index in [1.807, 2.05) is 20.8 Å². The fraction of sp³-hybridized carbons (Fsp3) is 0.594. The monoisotopic (exact) mass is 2010 g/mol. The maximum Gasteiger partial charge on any atom is 0.251 e. The highest BCUT2D eigenvalue weighted by molar-refractivity contribution is 6.32. The van der Waals surface area contributed by atoms with Gasteiger partial charge in [0.1, 0.15) is 126 Å². The molecular formula is C96H130Cl2N8O34. The van der Waals surface area contributed by atoms with Crippen molar-refractivity contribution < 1.29 is 168 Å². The predicted molar refractivity (Wildman–Crippen MR) is 495 cm³/mol. The zero-order valence-corrected chi connectivity index (χ0v) is 79.7. The number of benzene rings is 5. The molecule has 3 saturated heterocycles. The fourth-order valence-corrected chi connectivity index (χ4v) is 18.9. The molecule has 0 radical (unpaired) electrons. The van der Waals surface area contributed by atoms with Crippen LogP contribution >= 0.6 is 23.2 Å². The van der Waals surface area contributed by atoms with Gasteiger partial charge in [-0.1, -0.05) is 140 Å². The Morgan fingerprint density at radius 1 is 0.614 bits per heavy atom. The molecule has 13 rings (SSSR count). The average molecular weight is 2010 g/mol. The van der Waals surface area contributed by atoms with E-state index in [4.69, 9.17) is 66.8 Å². The number of phenols is 3. The lowest BCUT2D eigenvalue weighted by Crippen LogP contribution is -2.62. The van der Waals surface area contributed by atoms with Gasteiger partial charge in [0.15, 0.2) is 47.9 Å². The molecule has 44 heteroatoms. The topological polar surface area (TPSA) is 682 Å². The Hall–Kier alpha value is -9.69. The third-order valence-electron chi connectivity index (χ3n) is 26.4. The first kappa shape index (κ1) is 111. The van der Waals surface area contributed by atoms with E-state index in [-0.39, 0.29) is 52.6 Å². The minimum Gasteiger partial charge on any atom is -0.508 e. The molecule has 0 spiro atoms. The molecule has 8 aliphatic heterocycles. The second-order valence-electron chi connectivity index (χ2n) is 37.3. The Balaban J connectivity index is 1.02. The summed E-state index contributed by atoms with van der Waals surface area (Å²) in [5.41, 5.74) is 2.30. The smallest absolute Gasteiger partial charge is 0.251 e. The molecule has 140 heavy (non-hydrogen) atoms. The molecule has 0 aromatic heterocycles. The van der Waals surface area contributed by atoms with E-state index in [9.17, 15) is 101 Å². The van der Waals surface area contributed by atoms with Crippen molar-refractivity contribution in [1.82, 2.24) is 37.2 Å². The molecule has 772 valence electrons. The van der Waals surface area contributed by atoms with Crippen molar-refractivity contribution in [1.29, 1.82) is 0 Å². The van der Waals surface area contributed by atoms with Crippen LogP contribution in [0.4, 0.5) is 0 Å². The number of ketones is 2. The Kier molecular flexibility index (Phi) is 39.5. The van der Waals surface area contributed by atoms with Crippen LogP contribution in [0.5, 0.6) is 46.0 Å². The summed E-state index contributed by atoms with van der Waals surface area (Å²) >= 11 is 14.5. The molecule has 27 atom stereocenters. The number of likely N-dealkylation sites (N-methyl/N-ethyl adjacent to an activating group) is 1. The molecule has 11 bridgehead atoms. The number of Topliss-reactive ketones (excluding diaryl/α,β-unsaturated/α-hetero) is 2. The number of aromatic hydroxyl groups is 3. The van der Waals surface area contributed by atoms with E-state index in [2.05, 4.69) is 44.1 Å². The lowest BCUT2D eigenvalue weighted by atomic mass is 9.73. The summed E-state index contributed by atoms with van der Waals surface area (Å²) in [4.78, 5) is 136. The summed E-state index contributed by atoms with van der Waals surface area (Å²) in [7, 11) is 1.48. The van der Waals surface area contributed by atoms with Gasteiger partial charge in [-0.05, 0) is 122 Å². The van der Waals surface area contributed by atoms with Gasteiger partial charge in [-0.2, -0.15) is 0 Å². The fourth-order valence-electron chi connectivity index (χ4n) is 18.4. The Bertz CT molecular complexity index is 5140. The van der Waals surface area contributed by atoms with Gasteiger partial charge in [0.05, 0.1) is 60.0 Å². The quantitative estimate of drug-likeness (QED) is 0.0252. The zero-order chi connectivity index (χ0) is 102. The van der Waals surface area contributed by atoms with Crippen LogP contribution in [0.15, 0.2) is 78.9 Å². The van der Waals surface area contributed by atoms with E-state index in [0.717, 1.165) is 99.2 Å². The number of ether oxygens (including phenoxy) is 8. The number of primary amides is 1. The molecule has 8 heterocycles. The minimum absolute atomic E-state index is 0.000110. The number of hydrogen-bond acceptors (Lipinski definition) is 35. The number of rotatable bonds is 37. The number of nitrogens with one attached hydrogen (secondary N) is 7. The summed E-state index contributed by atoms with van der Waals surface area (Å²) in [5, 5.41) is 209. The average Bonchev–Trinajstić information content (AvgIpc) is 0.754. The van der Waals surface area contributed by atoms with Crippen LogP contribution in [0.2, 0.25) is 10.0 Å². The molecule has 42 nitrogen and oxygen atoms in total. The van der Waals surface area contributed by atoms with E-state index in [1.54, 1.807) is 6.92 Å². The minimum atomic E-state index is -2.53. The molecule has 5 aromatic carbocycles. The molecular weight excluding hydrogens is 1880 g/mol. The van der Waals surface area contributed by atoms with Crippen LogP contribution < -0.4 is 57.2 Å². The van der Waals surface area contributed by atoms with Crippen molar-refractivity contribution in [2.75, 3.05) is 40.0 Å². The molecule has 3 fully saturated rings. The number of hydrogen-bond donors (Lipinski definition) is 25. The highest BCUT2D eigenvalue weighted by atomic mass is 35.5. The molecule has 26 N–H and O–H groups in total. The van der Waals surface area contributed by atoms with E-state index in [1.165, 1.54) is 50.9 Å². The van der Waals surface area contributed by atoms with Gasteiger partial charge in [0, 0.05) is 61.4 Å². The summed E-state index contributed by atoms with van der Waals surface area (Å²) in [6.45, 7) is 5.26. The highest BCUT2D eigenvalue weighted by Crippen LogP contribution is 2.52. The van der Waals surface area contributed by atoms with Crippen LogP contribution in [0.3, 0.4) is 0 Å². The second-order valence-corrected chi connectivity index (χ2v) is 38.1. The van der Waals surface area contributed by atoms with E-state index >= 15 is 28.8 Å². The molecule has 0 aliphatic carbocycles. The first-order valence-electron chi connectivity index (χ1n) is 47.1. The number of carbonyl (C=O) groups excluding carboxylic acids is 9. The van der Waals surface area contributed by atoms with Crippen LogP contribution in [-0.4, -0.2) is 302 Å². The predicted octanol–water partition coefficient (Wildman–Crippen LogP) is 1.87. The first-order chi connectivity index (χ1) is 66.5. The normalized spacial score (nSPS) is 28.9. The lowest BCUT2D eigenvalue weighted by Gasteiger charge is -2.48. The van der Waals surface area contributed by atoms with Crippen LogP contribution in [0.25, 0.3) is 11.1 Å². The van der Waals surface area contributed by atoms with Gasteiger partial charge in [0.25, 0.3) is 5.91 Å². The van der Waals surface area contributed by atoms with Gasteiger partial charge in [0.2, 0.25) is 47.5 Å². The van der Waals surface area contributed by atoms with Gasteiger partial charge < -0.3 is 168 Å². The maximum absolute atomic E-state index is 16.6. The number of halogens is 2. The van der Waals surface area contributed by atoms with Crippen molar-refractivity contribution in [2.24, 2.45) is 23.0 Å². The molecule has 9 unspecified atom stereocenters.